The molecule has 1 aromatic rings. The zero-order valence-corrected chi connectivity index (χ0v) is 15.2. The lowest BCUT2D eigenvalue weighted by molar-refractivity contribution is -0.139. The van der Waals surface area contributed by atoms with Crippen molar-refractivity contribution in [3.05, 3.63) is 18.2 Å². The van der Waals surface area contributed by atoms with Crippen LogP contribution in [-0.2, 0) is 14.4 Å². The minimum Gasteiger partial charge on any atom is -0.493 e. The minimum absolute atomic E-state index is 0.108. The summed E-state index contributed by atoms with van der Waals surface area (Å²) >= 11 is 0. The van der Waals surface area contributed by atoms with Crippen LogP contribution in [0.3, 0.4) is 0 Å². The molecule has 142 valence electrons. The van der Waals surface area contributed by atoms with Crippen molar-refractivity contribution >= 4 is 23.5 Å². The number of aliphatic carboxylic acids is 1. The molecule has 0 aliphatic carbocycles. The molecule has 8 heteroatoms. The number of anilines is 1. The molecule has 0 radical (unpaired) electrons. The molecule has 0 bridgehead atoms. The monoisotopic (exact) mass is 364 g/mol. The molecule has 0 unspecified atom stereocenters. The van der Waals surface area contributed by atoms with Crippen LogP contribution in [-0.4, -0.2) is 61.6 Å². The van der Waals surface area contributed by atoms with Gasteiger partial charge in [-0.1, -0.05) is 0 Å². The normalized spacial score (nSPS) is 16.5. The van der Waals surface area contributed by atoms with Gasteiger partial charge in [0, 0.05) is 37.8 Å². The number of methoxy groups -OCH3 is 2. The van der Waals surface area contributed by atoms with Gasteiger partial charge < -0.3 is 24.4 Å². The highest BCUT2D eigenvalue weighted by molar-refractivity contribution is 6.00. The molecule has 2 amide bonds. The smallest absolute Gasteiger partial charge is 0.305 e. The molecule has 1 aliphatic heterocycles. The Labute approximate surface area is 152 Å². The lowest BCUT2D eigenvalue weighted by Crippen LogP contribution is -2.38. The van der Waals surface area contributed by atoms with Gasteiger partial charge in [0.15, 0.2) is 11.5 Å². The van der Waals surface area contributed by atoms with Gasteiger partial charge >= 0.3 is 5.97 Å². The van der Waals surface area contributed by atoms with Crippen LogP contribution in [0.1, 0.15) is 19.8 Å². The molecule has 0 saturated carbocycles. The summed E-state index contributed by atoms with van der Waals surface area (Å²) in [7, 11) is 3.05. The van der Waals surface area contributed by atoms with E-state index in [2.05, 4.69) is 0 Å². The molecule has 1 aromatic carbocycles. The van der Waals surface area contributed by atoms with E-state index in [9.17, 15) is 14.4 Å². The third-order valence-electron chi connectivity index (χ3n) is 4.44. The molecule has 1 saturated heterocycles. The summed E-state index contributed by atoms with van der Waals surface area (Å²) in [5, 5.41) is 8.81. The van der Waals surface area contributed by atoms with E-state index < -0.39 is 11.9 Å². The maximum atomic E-state index is 12.6. The Morgan fingerprint density at radius 3 is 2.54 bits per heavy atom. The second kappa shape index (κ2) is 8.55. The maximum Gasteiger partial charge on any atom is 0.305 e. The van der Waals surface area contributed by atoms with E-state index in [4.69, 9.17) is 14.6 Å². The van der Waals surface area contributed by atoms with E-state index in [-0.39, 0.29) is 37.7 Å². The summed E-state index contributed by atoms with van der Waals surface area (Å²) in [6.07, 6.45) is -0.00358. The third kappa shape index (κ3) is 4.25. The topological polar surface area (TPSA) is 96.4 Å². The van der Waals surface area contributed by atoms with Gasteiger partial charge in [-0.2, -0.15) is 0 Å². The summed E-state index contributed by atoms with van der Waals surface area (Å²) in [4.78, 5) is 38.8. The number of hydrogen-bond acceptors (Lipinski definition) is 5. The van der Waals surface area contributed by atoms with Crippen molar-refractivity contribution in [3.8, 4) is 11.5 Å². The quantitative estimate of drug-likeness (QED) is 0.749. The van der Waals surface area contributed by atoms with Crippen LogP contribution in [0.5, 0.6) is 11.5 Å². The SMILES string of the molecule is CCN(CCC(=O)O)C(=O)[C@H]1CC(=O)N(c2ccc(OC)c(OC)c2)C1. The number of carboxylic acids is 1. The Balaban J connectivity index is 2.12. The Morgan fingerprint density at radius 1 is 1.27 bits per heavy atom. The fourth-order valence-electron chi connectivity index (χ4n) is 3.03. The molecule has 1 N–H and O–H groups in total. The van der Waals surface area contributed by atoms with Gasteiger partial charge in [-0.25, -0.2) is 0 Å². The first-order chi connectivity index (χ1) is 12.4. The summed E-state index contributed by atoms with van der Waals surface area (Å²) in [6.45, 7) is 2.61. The van der Waals surface area contributed by atoms with Crippen LogP contribution in [0.25, 0.3) is 0 Å². The second-order valence-corrected chi connectivity index (χ2v) is 6.01. The van der Waals surface area contributed by atoms with Gasteiger partial charge in [0.05, 0.1) is 26.6 Å². The molecule has 8 nitrogen and oxygen atoms in total. The van der Waals surface area contributed by atoms with Crippen molar-refractivity contribution in [2.45, 2.75) is 19.8 Å². The van der Waals surface area contributed by atoms with Crippen LogP contribution in [0.15, 0.2) is 18.2 Å². The molecule has 1 heterocycles. The standard InChI is InChI=1S/C18H24N2O6/c1-4-19(8-7-17(22)23)18(24)12-9-16(21)20(11-12)13-5-6-14(25-2)15(10-13)26-3/h5-6,10,12H,4,7-9,11H2,1-3H3,(H,22,23)/t12-/m0/s1. The Morgan fingerprint density at radius 2 is 1.96 bits per heavy atom. The second-order valence-electron chi connectivity index (χ2n) is 6.01. The highest BCUT2D eigenvalue weighted by Crippen LogP contribution is 2.34. The van der Waals surface area contributed by atoms with Crippen molar-refractivity contribution in [2.75, 3.05) is 38.8 Å². The van der Waals surface area contributed by atoms with E-state index in [1.807, 2.05) is 0 Å². The van der Waals surface area contributed by atoms with Crippen LogP contribution < -0.4 is 14.4 Å². The average Bonchev–Trinajstić information content (AvgIpc) is 3.02. The predicted octanol–water partition coefficient (Wildman–Crippen LogP) is 1.38. The average molecular weight is 364 g/mol. The fraction of sp³-hybridized carbons (Fsp3) is 0.500. The number of benzene rings is 1. The first-order valence-corrected chi connectivity index (χ1v) is 8.44. The zero-order valence-electron chi connectivity index (χ0n) is 15.2. The lowest BCUT2D eigenvalue weighted by Gasteiger charge is -2.24. The maximum absolute atomic E-state index is 12.6. The van der Waals surface area contributed by atoms with Gasteiger partial charge in [-0.3, -0.25) is 14.4 Å². The number of nitrogens with zero attached hydrogens (tertiary/aromatic N) is 2. The van der Waals surface area contributed by atoms with E-state index in [0.29, 0.717) is 23.7 Å². The van der Waals surface area contributed by atoms with Gasteiger partial charge in [-0.15, -0.1) is 0 Å². The number of rotatable bonds is 8. The van der Waals surface area contributed by atoms with Crippen LogP contribution >= 0.6 is 0 Å². The fourth-order valence-corrected chi connectivity index (χ4v) is 3.03. The summed E-state index contributed by atoms with van der Waals surface area (Å²) < 4.78 is 10.5. The Kier molecular flexibility index (Phi) is 6.43. The van der Waals surface area contributed by atoms with Gasteiger partial charge in [-0.05, 0) is 19.1 Å². The largest absolute Gasteiger partial charge is 0.493 e. The number of hydrogen-bond donors (Lipinski definition) is 1. The molecule has 1 aliphatic rings. The summed E-state index contributed by atoms with van der Waals surface area (Å²) in [6, 6.07) is 5.15. The molecule has 2 rings (SSSR count). The first kappa shape index (κ1) is 19.6. The molecule has 26 heavy (non-hydrogen) atoms. The molecule has 0 spiro atoms. The molecule has 1 atom stereocenters. The number of carbonyl (C=O) groups excluding carboxylic acids is 2. The van der Waals surface area contributed by atoms with Gasteiger partial charge in [0.2, 0.25) is 11.8 Å². The number of amides is 2. The highest BCUT2D eigenvalue weighted by atomic mass is 16.5. The van der Waals surface area contributed by atoms with Crippen LogP contribution in [0, 0.1) is 5.92 Å². The number of carbonyl (C=O) groups is 3. The number of carboxylic acid groups (broad SMARTS) is 1. The van der Waals surface area contributed by atoms with E-state index in [1.54, 1.807) is 30.0 Å². The Bertz CT molecular complexity index is 690. The summed E-state index contributed by atoms with van der Waals surface area (Å²) in [5.41, 5.74) is 0.636. The van der Waals surface area contributed by atoms with Gasteiger partial charge in [0.25, 0.3) is 0 Å². The molecular formula is C18H24N2O6. The van der Waals surface area contributed by atoms with Crippen LogP contribution in [0.4, 0.5) is 5.69 Å². The van der Waals surface area contributed by atoms with E-state index >= 15 is 0 Å². The minimum atomic E-state index is -0.953. The first-order valence-electron chi connectivity index (χ1n) is 8.44. The Hall–Kier alpha value is -2.77. The van der Waals surface area contributed by atoms with Crippen molar-refractivity contribution < 1.29 is 29.0 Å². The van der Waals surface area contributed by atoms with E-state index in [0.717, 1.165) is 0 Å². The van der Waals surface area contributed by atoms with Crippen LogP contribution in [0.2, 0.25) is 0 Å². The van der Waals surface area contributed by atoms with Crippen molar-refractivity contribution in [2.24, 2.45) is 5.92 Å². The van der Waals surface area contributed by atoms with Gasteiger partial charge in [0.1, 0.15) is 0 Å². The zero-order chi connectivity index (χ0) is 19.3. The lowest BCUT2D eigenvalue weighted by atomic mass is 10.1. The predicted molar refractivity (Wildman–Crippen MR) is 94.5 cm³/mol. The van der Waals surface area contributed by atoms with E-state index in [1.165, 1.54) is 19.1 Å². The van der Waals surface area contributed by atoms with Crippen molar-refractivity contribution in [1.82, 2.24) is 4.90 Å². The highest BCUT2D eigenvalue weighted by Gasteiger charge is 2.37. The van der Waals surface area contributed by atoms with Crippen molar-refractivity contribution in [1.29, 1.82) is 0 Å². The molecule has 1 fully saturated rings. The third-order valence-corrected chi connectivity index (χ3v) is 4.44. The molecule has 0 aromatic heterocycles. The number of ether oxygens (including phenoxy) is 2. The van der Waals surface area contributed by atoms with Crippen molar-refractivity contribution in [3.63, 3.8) is 0 Å². The summed E-state index contributed by atoms with van der Waals surface area (Å²) in [5.74, 6) is -0.712. The molecular weight excluding hydrogens is 340 g/mol.